The summed E-state index contributed by atoms with van der Waals surface area (Å²) in [6, 6.07) is 1.64. The monoisotopic (exact) mass is 250 g/mol. The van der Waals surface area contributed by atoms with E-state index >= 15 is 0 Å². The van der Waals surface area contributed by atoms with Crippen LogP contribution in [-0.4, -0.2) is 42.7 Å². The number of amides is 1. The van der Waals surface area contributed by atoms with E-state index < -0.39 is 0 Å². The lowest BCUT2D eigenvalue weighted by atomic mass is 10.3. The average Bonchev–Trinajstić information content (AvgIpc) is 2.35. The second kappa shape index (κ2) is 7.39. The van der Waals surface area contributed by atoms with Gasteiger partial charge in [0.1, 0.15) is 5.69 Å². The maximum absolute atomic E-state index is 11.7. The number of carbonyl (C=O) groups is 1. The van der Waals surface area contributed by atoms with Crippen molar-refractivity contribution in [2.75, 3.05) is 32.1 Å². The van der Waals surface area contributed by atoms with E-state index in [1.807, 2.05) is 6.92 Å². The largest absolute Gasteiger partial charge is 0.383 e. The number of aryl methyl sites for hydroxylation is 1. The summed E-state index contributed by atoms with van der Waals surface area (Å²) in [4.78, 5) is 20.1. The fourth-order valence-corrected chi connectivity index (χ4v) is 1.28. The molecule has 0 radical (unpaired) electrons. The van der Waals surface area contributed by atoms with E-state index in [4.69, 9.17) is 4.74 Å². The molecule has 98 valence electrons. The van der Waals surface area contributed by atoms with Crippen molar-refractivity contribution >= 4 is 11.9 Å². The summed E-state index contributed by atoms with van der Waals surface area (Å²) >= 11 is 0. The highest BCUT2D eigenvalue weighted by atomic mass is 16.5. The smallest absolute Gasteiger partial charge is 0.270 e. The molecule has 1 aromatic rings. The number of ether oxygens (including phenoxy) is 1. The Balaban J connectivity index is 2.73. The Labute approximate surface area is 106 Å². The van der Waals surface area contributed by atoms with Crippen LogP contribution in [0.25, 0.3) is 0 Å². The fraction of sp³-hybridized carbons (Fsp3) is 0.417. The third-order valence-electron chi connectivity index (χ3n) is 2.08. The number of nitrogens with one attached hydrogen (secondary N) is 2. The second-order valence-corrected chi connectivity index (χ2v) is 3.64. The highest BCUT2D eigenvalue weighted by Gasteiger charge is 2.09. The molecule has 1 rings (SSSR count). The first-order chi connectivity index (χ1) is 8.67. The van der Waals surface area contributed by atoms with E-state index in [0.29, 0.717) is 31.3 Å². The van der Waals surface area contributed by atoms with Gasteiger partial charge in [-0.15, -0.1) is 6.58 Å². The summed E-state index contributed by atoms with van der Waals surface area (Å²) in [6.45, 7) is 6.90. The van der Waals surface area contributed by atoms with E-state index in [9.17, 15) is 4.79 Å². The Morgan fingerprint density at radius 2 is 2.33 bits per heavy atom. The maximum atomic E-state index is 11.7. The van der Waals surface area contributed by atoms with Crippen molar-refractivity contribution in [3.8, 4) is 0 Å². The van der Waals surface area contributed by atoms with Crippen molar-refractivity contribution < 1.29 is 9.53 Å². The Hall–Kier alpha value is -1.95. The molecule has 18 heavy (non-hydrogen) atoms. The number of carbonyl (C=O) groups excluding carboxylic acids is 1. The van der Waals surface area contributed by atoms with Gasteiger partial charge in [-0.1, -0.05) is 6.08 Å². The van der Waals surface area contributed by atoms with Crippen LogP contribution in [0.2, 0.25) is 0 Å². The third kappa shape index (κ3) is 4.50. The van der Waals surface area contributed by atoms with Crippen molar-refractivity contribution in [2.24, 2.45) is 0 Å². The van der Waals surface area contributed by atoms with Crippen LogP contribution in [0.3, 0.4) is 0 Å². The Morgan fingerprint density at radius 3 is 3.00 bits per heavy atom. The molecule has 0 aliphatic heterocycles. The quantitative estimate of drug-likeness (QED) is 0.552. The lowest BCUT2D eigenvalue weighted by Gasteiger charge is -2.07. The van der Waals surface area contributed by atoms with Crippen molar-refractivity contribution in [3.63, 3.8) is 0 Å². The molecule has 0 atom stereocenters. The summed E-state index contributed by atoms with van der Waals surface area (Å²) < 4.78 is 4.92. The first-order valence-corrected chi connectivity index (χ1v) is 5.65. The number of rotatable bonds is 7. The minimum absolute atomic E-state index is 0.241. The van der Waals surface area contributed by atoms with Crippen LogP contribution >= 0.6 is 0 Å². The van der Waals surface area contributed by atoms with Gasteiger partial charge in [-0.25, -0.2) is 9.97 Å². The molecule has 0 aliphatic carbocycles. The average molecular weight is 250 g/mol. The van der Waals surface area contributed by atoms with E-state index in [-0.39, 0.29) is 5.91 Å². The molecular formula is C12H18N4O2. The summed E-state index contributed by atoms with van der Waals surface area (Å²) in [5.41, 5.74) is 1.07. The van der Waals surface area contributed by atoms with E-state index in [1.54, 1.807) is 19.3 Å². The number of nitrogens with zero attached hydrogens (tertiary/aromatic N) is 2. The highest BCUT2D eigenvalue weighted by molar-refractivity contribution is 5.92. The summed E-state index contributed by atoms with van der Waals surface area (Å²) in [6.07, 6.45) is 1.61. The van der Waals surface area contributed by atoms with Crippen LogP contribution in [-0.2, 0) is 4.74 Å². The Morgan fingerprint density at radius 1 is 1.56 bits per heavy atom. The fourth-order valence-electron chi connectivity index (χ4n) is 1.28. The first-order valence-electron chi connectivity index (χ1n) is 5.65. The lowest BCUT2D eigenvalue weighted by molar-refractivity contribution is 0.0953. The standard InChI is InChI=1S/C12H18N4O2/c1-4-5-13-11(17)10-8-9(2)15-12(16-10)14-6-7-18-3/h4,8H,1,5-7H2,2-3H3,(H,13,17)(H,14,15,16). The van der Waals surface area contributed by atoms with Crippen LogP contribution in [0.1, 0.15) is 16.2 Å². The number of aromatic nitrogens is 2. The molecule has 0 spiro atoms. The summed E-state index contributed by atoms with van der Waals surface area (Å²) in [5.74, 6) is 0.186. The van der Waals surface area contributed by atoms with Gasteiger partial charge in [0.25, 0.3) is 5.91 Å². The Kier molecular flexibility index (Phi) is 5.79. The van der Waals surface area contributed by atoms with Crippen LogP contribution in [0.4, 0.5) is 5.95 Å². The lowest BCUT2D eigenvalue weighted by Crippen LogP contribution is -2.25. The van der Waals surface area contributed by atoms with Crippen molar-refractivity contribution in [1.29, 1.82) is 0 Å². The van der Waals surface area contributed by atoms with Crippen LogP contribution < -0.4 is 10.6 Å². The van der Waals surface area contributed by atoms with E-state index in [2.05, 4.69) is 27.2 Å². The molecule has 0 unspecified atom stereocenters. The normalized spacial score (nSPS) is 9.89. The van der Waals surface area contributed by atoms with Gasteiger partial charge in [0.2, 0.25) is 5.95 Å². The molecule has 1 amide bonds. The van der Waals surface area contributed by atoms with Crippen LogP contribution in [0, 0.1) is 6.92 Å². The zero-order valence-electron chi connectivity index (χ0n) is 10.7. The summed E-state index contributed by atoms with van der Waals surface area (Å²) in [7, 11) is 1.62. The first kappa shape index (κ1) is 14.1. The predicted octanol–water partition coefficient (Wildman–Crippen LogP) is 0.759. The topological polar surface area (TPSA) is 76.1 Å². The minimum atomic E-state index is -0.241. The molecular weight excluding hydrogens is 232 g/mol. The number of hydrogen-bond donors (Lipinski definition) is 2. The predicted molar refractivity (Wildman–Crippen MR) is 69.7 cm³/mol. The zero-order valence-corrected chi connectivity index (χ0v) is 10.7. The molecule has 0 aliphatic rings. The van der Waals surface area contributed by atoms with Gasteiger partial charge < -0.3 is 15.4 Å². The van der Waals surface area contributed by atoms with Gasteiger partial charge in [0.05, 0.1) is 6.61 Å². The summed E-state index contributed by atoms with van der Waals surface area (Å²) in [5, 5.41) is 5.66. The molecule has 6 nitrogen and oxygen atoms in total. The number of methoxy groups -OCH3 is 1. The van der Waals surface area contributed by atoms with Gasteiger partial charge in [0, 0.05) is 25.9 Å². The van der Waals surface area contributed by atoms with Gasteiger partial charge in [-0.3, -0.25) is 4.79 Å². The number of hydrogen-bond acceptors (Lipinski definition) is 5. The van der Waals surface area contributed by atoms with Gasteiger partial charge in [-0.2, -0.15) is 0 Å². The van der Waals surface area contributed by atoms with E-state index in [1.165, 1.54) is 0 Å². The SMILES string of the molecule is C=CCNC(=O)c1cc(C)nc(NCCOC)n1. The van der Waals surface area contributed by atoms with Gasteiger partial charge in [0.15, 0.2) is 0 Å². The van der Waals surface area contributed by atoms with Gasteiger partial charge in [-0.05, 0) is 13.0 Å². The van der Waals surface area contributed by atoms with Crippen molar-refractivity contribution in [1.82, 2.24) is 15.3 Å². The van der Waals surface area contributed by atoms with Crippen molar-refractivity contribution in [3.05, 3.63) is 30.1 Å². The molecule has 0 aromatic carbocycles. The van der Waals surface area contributed by atoms with Crippen molar-refractivity contribution in [2.45, 2.75) is 6.92 Å². The molecule has 0 saturated carbocycles. The van der Waals surface area contributed by atoms with Gasteiger partial charge >= 0.3 is 0 Å². The van der Waals surface area contributed by atoms with Crippen LogP contribution in [0.5, 0.6) is 0 Å². The highest BCUT2D eigenvalue weighted by Crippen LogP contribution is 2.04. The number of anilines is 1. The minimum Gasteiger partial charge on any atom is -0.383 e. The molecule has 0 fully saturated rings. The molecule has 1 aromatic heterocycles. The zero-order chi connectivity index (χ0) is 13.4. The molecule has 0 saturated heterocycles. The third-order valence-corrected chi connectivity index (χ3v) is 2.08. The van der Waals surface area contributed by atoms with E-state index in [0.717, 1.165) is 5.69 Å². The Bertz CT molecular complexity index is 421. The second-order valence-electron chi connectivity index (χ2n) is 3.64. The maximum Gasteiger partial charge on any atom is 0.270 e. The molecule has 6 heteroatoms. The van der Waals surface area contributed by atoms with Crippen LogP contribution in [0.15, 0.2) is 18.7 Å². The molecule has 0 bridgehead atoms. The molecule has 2 N–H and O–H groups in total. The molecule has 1 heterocycles.